The summed E-state index contributed by atoms with van der Waals surface area (Å²) in [5, 5.41) is 8.54. The van der Waals surface area contributed by atoms with Gasteiger partial charge in [0.1, 0.15) is 5.75 Å². The van der Waals surface area contributed by atoms with Crippen molar-refractivity contribution >= 4 is 17.7 Å². The van der Waals surface area contributed by atoms with E-state index >= 15 is 0 Å². The Morgan fingerprint density at radius 2 is 1.89 bits per heavy atom. The zero-order chi connectivity index (χ0) is 20.1. The number of nitrogens with zero attached hydrogens (tertiary/aromatic N) is 3. The standard InChI is InChI=1S/C21H23N3O3S/c1-14-8-15(2)10-17(9-14)20-22-23-21(27-20)28-13-19(25)24(3)12-16-6-5-7-18(11-16)26-4/h5-11H,12-13H2,1-4H3. The van der Waals surface area contributed by atoms with Crippen LogP contribution < -0.4 is 4.74 Å². The molecule has 6 nitrogen and oxygen atoms in total. The normalized spacial score (nSPS) is 10.7. The average Bonchev–Trinajstić information content (AvgIpc) is 3.14. The van der Waals surface area contributed by atoms with Crippen LogP contribution in [0.1, 0.15) is 16.7 Å². The van der Waals surface area contributed by atoms with Gasteiger partial charge in [-0.1, -0.05) is 41.1 Å². The molecule has 3 aromatic rings. The molecule has 0 radical (unpaired) electrons. The van der Waals surface area contributed by atoms with E-state index in [0.717, 1.165) is 28.0 Å². The van der Waals surface area contributed by atoms with E-state index in [2.05, 4.69) is 16.3 Å². The molecule has 0 fully saturated rings. The largest absolute Gasteiger partial charge is 0.497 e. The number of hydrogen-bond acceptors (Lipinski definition) is 6. The van der Waals surface area contributed by atoms with E-state index in [1.54, 1.807) is 19.1 Å². The number of ether oxygens (including phenoxy) is 1. The van der Waals surface area contributed by atoms with Crippen molar-refractivity contribution in [1.29, 1.82) is 0 Å². The Balaban J connectivity index is 1.57. The van der Waals surface area contributed by atoms with Crippen LogP contribution in [0.2, 0.25) is 0 Å². The maximum Gasteiger partial charge on any atom is 0.277 e. The summed E-state index contributed by atoms with van der Waals surface area (Å²) in [6, 6.07) is 13.8. The molecule has 7 heteroatoms. The van der Waals surface area contributed by atoms with Gasteiger partial charge >= 0.3 is 0 Å². The fourth-order valence-electron chi connectivity index (χ4n) is 2.85. The molecule has 0 saturated heterocycles. The lowest BCUT2D eigenvalue weighted by atomic mass is 10.1. The van der Waals surface area contributed by atoms with Gasteiger partial charge in [-0.05, 0) is 43.7 Å². The van der Waals surface area contributed by atoms with Gasteiger partial charge < -0.3 is 14.1 Å². The van der Waals surface area contributed by atoms with E-state index in [-0.39, 0.29) is 11.7 Å². The number of benzene rings is 2. The predicted molar refractivity (Wildman–Crippen MR) is 109 cm³/mol. The molecule has 146 valence electrons. The van der Waals surface area contributed by atoms with E-state index in [4.69, 9.17) is 9.15 Å². The number of hydrogen-bond donors (Lipinski definition) is 0. The van der Waals surface area contributed by atoms with Gasteiger partial charge in [0.05, 0.1) is 12.9 Å². The molecule has 3 rings (SSSR count). The molecule has 0 spiro atoms. The third-order valence-corrected chi connectivity index (χ3v) is 4.98. The summed E-state index contributed by atoms with van der Waals surface area (Å²) in [5.74, 6) is 1.46. The maximum atomic E-state index is 12.4. The smallest absolute Gasteiger partial charge is 0.277 e. The summed E-state index contributed by atoms with van der Waals surface area (Å²) >= 11 is 1.24. The van der Waals surface area contributed by atoms with Gasteiger partial charge in [-0.25, -0.2) is 0 Å². The molecular formula is C21H23N3O3S. The van der Waals surface area contributed by atoms with Crippen LogP contribution in [0, 0.1) is 13.8 Å². The Morgan fingerprint density at radius 1 is 1.14 bits per heavy atom. The second-order valence-corrected chi connectivity index (χ2v) is 7.57. The quantitative estimate of drug-likeness (QED) is 0.559. The van der Waals surface area contributed by atoms with Gasteiger partial charge in [-0.15, -0.1) is 10.2 Å². The number of aromatic nitrogens is 2. The van der Waals surface area contributed by atoms with Crippen LogP contribution in [0.3, 0.4) is 0 Å². The van der Waals surface area contributed by atoms with Gasteiger partial charge in [0.15, 0.2) is 0 Å². The van der Waals surface area contributed by atoms with E-state index in [0.29, 0.717) is 17.7 Å². The van der Waals surface area contributed by atoms with Gasteiger partial charge in [0.25, 0.3) is 5.22 Å². The SMILES string of the molecule is COc1cccc(CN(C)C(=O)CSc2nnc(-c3cc(C)cc(C)c3)o2)c1. The lowest BCUT2D eigenvalue weighted by molar-refractivity contribution is -0.127. The summed E-state index contributed by atoms with van der Waals surface area (Å²) in [7, 11) is 3.40. The first kappa shape index (κ1) is 19.9. The first-order valence-electron chi connectivity index (χ1n) is 8.86. The molecule has 1 amide bonds. The van der Waals surface area contributed by atoms with Crippen molar-refractivity contribution < 1.29 is 13.9 Å². The summed E-state index contributed by atoms with van der Waals surface area (Å²) < 4.78 is 10.9. The Bertz CT molecular complexity index is 951. The van der Waals surface area contributed by atoms with Gasteiger partial charge in [0, 0.05) is 19.2 Å². The molecule has 2 aromatic carbocycles. The first-order valence-corrected chi connectivity index (χ1v) is 9.85. The fraction of sp³-hybridized carbons (Fsp3) is 0.286. The van der Waals surface area contributed by atoms with E-state index in [9.17, 15) is 4.79 Å². The third kappa shape index (κ3) is 5.13. The average molecular weight is 398 g/mol. The predicted octanol–water partition coefficient (Wildman–Crippen LogP) is 4.11. The van der Waals surface area contributed by atoms with Crippen molar-refractivity contribution in [1.82, 2.24) is 15.1 Å². The number of methoxy groups -OCH3 is 1. The van der Waals surface area contributed by atoms with Crippen molar-refractivity contribution in [2.24, 2.45) is 0 Å². The van der Waals surface area contributed by atoms with Crippen molar-refractivity contribution in [3.8, 4) is 17.2 Å². The number of thioether (sulfide) groups is 1. The van der Waals surface area contributed by atoms with Gasteiger partial charge in [0.2, 0.25) is 11.8 Å². The van der Waals surface area contributed by atoms with E-state index < -0.39 is 0 Å². The van der Waals surface area contributed by atoms with Crippen LogP contribution >= 0.6 is 11.8 Å². The zero-order valence-corrected chi connectivity index (χ0v) is 17.2. The first-order chi connectivity index (χ1) is 13.4. The highest BCUT2D eigenvalue weighted by atomic mass is 32.2. The summed E-state index contributed by atoms with van der Waals surface area (Å²) in [4.78, 5) is 14.1. The highest BCUT2D eigenvalue weighted by Gasteiger charge is 2.14. The van der Waals surface area contributed by atoms with Gasteiger partial charge in [-0.2, -0.15) is 0 Å². The molecule has 0 aliphatic rings. The molecule has 0 bridgehead atoms. The van der Waals surface area contributed by atoms with Crippen LogP contribution in [0.25, 0.3) is 11.5 Å². The molecular weight excluding hydrogens is 374 g/mol. The lowest BCUT2D eigenvalue weighted by Crippen LogP contribution is -2.27. The van der Waals surface area contributed by atoms with Crippen LogP contribution in [0.5, 0.6) is 5.75 Å². The summed E-state index contributed by atoms with van der Waals surface area (Å²) in [5.41, 5.74) is 4.17. The van der Waals surface area contributed by atoms with Crippen molar-refractivity contribution in [2.75, 3.05) is 19.9 Å². The molecule has 0 N–H and O–H groups in total. The van der Waals surface area contributed by atoms with Crippen molar-refractivity contribution in [3.63, 3.8) is 0 Å². The van der Waals surface area contributed by atoms with E-state index in [1.165, 1.54) is 11.8 Å². The minimum Gasteiger partial charge on any atom is -0.497 e. The number of rotatable bonds is 7. The summed E-state index contributed by atoms with van der Waals surface area (Å²) in [6.45, 7) is 4.56. The van der Waals surface area contributed by atoms with Crippen molar-refractivity contribution in [2.45, 2.75) is 25.6 Å². The highest BCUT2D eigenvalue weighted by Crippen LogP contribution is 2.25. The molecule has 28 heavy (non-hydrogen) atoms. The number of carbonyl (C=O) groups is 1. The molecule has 0 atom stereocenters. The number of carbonyl (C=O) groups excluding carboxylic acids is 1. The Labute approximate surface area is 168 Å². The second kappa shape index (κ2) is 8.93. The molecule has 1 aromatic heterocycles. The Morgan fingerprint density at radius 3 is 2.61 bits per heavy atom. The topological polar surface area (TPSA) is 68.5 Å². The minimum atomic E-state index is -0.0148. The minimum absolute atomic E-state index is 0.0148. The number of amides is 1. The molecule has 0 aliphatic carbocycles. The lowest BCUT2D eigenvalue weighted by Gasteiger charge is -2.17. The van der Waals surface area contributed by atoms with Crippen LogP contribution in [0.4, 0.5) is 0 Å². The highest BCUT2D eigenvalue weighted by molar-refractivity contribution is 7.99. The zero-order valence-electron chi connectivity index (χ0n) is 16.4. The van der Waals surface area contributed by atoms with Gasteiger partial charge in [-0.3, -0.25) is 4.79 Å². The van der Waals surface area contributed by atoms with Crippen molar-refractivity contribution in [3.05, 3.63) is 59.2 Å². The second-order valence-electron chi connectivity index (χ2n) is 6.64. The molecule has 0 saturated carbocycles. The summed E-state index contributed by atoms with van der Waals surface area (Å²) in [6.07, 6.45) is 0. The van der Waals surface area contributed by atoms with Crippen LogP contribution in [-0.4, -0.2) is 40.9 Å². The fourth-order valence-corrected chi connectivity index (χ4v) is 3.55. The maximum absolute atomic E-state index is 12.4. The Hall–Kier alpha value is -2.80. The number of aryl methyl sites for hydroxylation is 2. The van der Waals surface area contributed by atoms with Crippen LogP contribution in [0.15, 0.2) is 52.1 Å². The third-order valence-electron chi connectivity index (χ3n) is 4.17. The molecule has 1 heterocycles. The monoisotopic (exact) mass is 397 g/mol. The molecule has 0 aliphatic heterocycles. The van der Waals surface area contributed by atoms with E-state index in [1.807, 2.05) is 50.2 Å². The molecule has 0 unspecified atom stereocenters. The van der Waals surface area contributed by atoms with Crippen LogP contribution in [-0.2, 0) is 11.3 Å². The Kier molecular flexibility index (Phi) is 6.36.